The molecule has 2 amide bonds. The van der Waals surface area contributed by atoms with Crippen LogP contribution in [0, 0.1) is 6.92 Å². The van der Waals surface area contributed by atoms with E-state index in [0.717, 1.165) is 11.3 Å². The predicted octanol–water partition coefficient (Wildman–Crippen LogP) is 1.08. The van der Waals surface area contributed by atoms with Crippen molar-refractivity contribution in [2.45, 2.75) is 26.4 Å². The number of hydrogen-bond acceptors (Lipinski definition) is 5. The molecular formula is C12H17N3O4S. The quantitative estimate of drug-likeness (QED) is 0.871. The molecule has 0 bridgehead atoms. The van der Waals surface area contributed by atoms with Crippen LogP contribution in [0.3, 0.4) is 0 Å². The lowest BCUT2D eigenvalue weighted by Crippen LogP contribution is -2.51. The number of aryl methyl sites for hydroxylation is 1. The third kappa shape index (κ3) is 3.26. The zero-order valence-corrected chi connectivity index (χ0v) is 12.2. The summed E-state index contributed by atoms with van der Waals surface area (Å²) in [5.74, 6) is -0.987. The van der Waals surface area contributed by atoms with Crippen molar-refractivity contribution in [2.75, 3.05) is 19.8 Å². The maximum Gasteiger partial charge on any atom is 0.347 e. The predicted molar refractivity (Wildman–Crippen MR) is 73.0 cm³/mol. The summed E-state index contributed by atoms with van der Waals surface area (Å²) in [7, 11) is 0. The van der Waals surface area contributed by atoms with Gasteiger partial charge in [0, 0.05) is 6.54 Å². The highest BCUT2D eigenvalue weighted by atomic mass is 32.1. The fraction of sp³-hybridized carbons (Fsp3) is 0.583. The summed E-state index contributed by atoms with van der Waals surface area (Å²) in [4.78, 5) is 29.0. The topological polar surface area (TPSA) is 91.8 Å². The molecule has 1 aliphatic rings. The number of aromatic carboxylic acids is 1. The molecule has 1 aliphatic heterocycles. The van der Waals surface area contributed by atoms with E-state index in [-0.39, 0.29) is 23.5 Å². The van der Waals surface area contributed by atoms with E-state index in [2.05, 4.69) is 10.3 Å². The zero-order valence-electron chi connectivity index (χ0n) is 11.4. The highest BCUT2D eigenvalue weighted by molar-refractivity contribution is 7.13. The first-order valence-electron chi connectivity index (χ1n) is 6.31. The number of ether oxygens (including phenoxy) is 1. The second-order valence-electron chi connectivity index (χ2n) is 4.60. The highest BCUT2D eigenvalue weighted by Gasteiger charge is 2.23. The molecule has 0 saturated carbocycles. The smallest absolute Gasteiger partial charge is 0.347 e. The van der Waals surface area contributed by atoms with Gasteiger partial charge in [-0.3, -0.25) is 0 Å². The van der Waals surface area contributed by atoms with Crippen LogP contribution in [0.5, 0.6) is 0 Å². The van der Waals surface area contributed by atoms with Gasteiger partial charge in [-0.15, -0.1) is 11.3 Å². The van der Waals surface area contributed by atoms with E-state index in [4.69, 9.17) is 9.84 Å². The number of amides is 2. The number of aromatic nitrogens is 1. The average Bonchev–Trinajstić information content (AvgIpc) is 2.78. The first-order chi connectivity index (χ1) is 9.49. The van der Waals surface area contributed by atoms with Crippen LogP contribution in [0.25, 0.3) is 0 Å². The van der Waals surface area contributed by atoms with Crippen LogP contribution in [0.4, 0.5) is 4.79 Å². The van der Waals surface area contributed by atoms with E-state index in [1.165, 1.54) is 0 Å². The van der Waals surface area contributed by atoms with Crippen LogP contribution in [-0.2, 0) is 11.3 Å². The van der Waals surface area contributed by atoms with Gasteiger partial charge in [0.25, 0.3) is 0 Å². The molecule has 0 aliphatic carbocycles. The summed E-state index contributed by atoms with van der Waals surface area (Å²) >= 11 is 1.09. The summed E-state index contributed by atoms with van der Waals surface area (Å²) in [6, 6.07) is -0.137. The second-order valence-corrected chi connectivity index (χ2v) is 5.69. The van der Waals surface area contributed by atoms with E-state index in [1.54, 1.807) is 11.8 Å². The molecule has 8 heteroatoms. The molecule has 1 fully saturated rings. The third-order valence-electron chi connectivity index (χ3n) is 3.05. The largest absolute Gasteiger partial charge is 0.477 e. The first kappa shape index (κ1) is 14.7. The standard InChI is InChI=1S/C12H17N3O4S/c1-7-6-19-4-3-15(7)12(18)13-5-9-14-8(2)10(20-9)11(16)17/h7H,3-6H2,1-2H3,(H,13,18)(H,16,17). The van der Waals surface area contributed by atoms with Crippen LogP contribution in [0.1, 0.15) is 27.3 Å². The molecule has 1 unspecified atom stereocenters. The molecule has 110 valence electrons. The van der Waals surface area contributed by atoms with Crippen LogP contribution in [-0.4, -0.2) is 52.8 Å². The zero-order chi connectivity index (χ0) is 14.7. The van der Waals surface area contributed by atoms with Crippen molar-refractivity contribution in [3.8, 4) is 0 Å². The van der Waals surface area contributed by atoms with E-state index >= 15 is 0 Å². The molecule has 2 rings (SSSR count). The number of rotatable bonds is 3. The number of carbonyl (C=O) groups excluding carboxylic acids is 1. The van der Waals surface area contributed by atoms with E-state index < -0.39 is 5.97 Å². The number of urea groups is 1. The highest BCUT2D eigenvalue weighted by Crippen LogP contribution is 2.18. The van der Waals surface area contributed by atoms with Gasteiger partial charge in [0.15, 0.2) is 0 Å². The molecule has 2 heterocycles. The molecule has 7 nitrogen and oxygen atoms in total. The van der Waals surface area contributed by atoms with Gasteiger partial charge in [0.05, 0.1) is 31.5 Å². The Hall–Kier alpha value is -1.67. The number of nitrogens with one attached hydrogen (secondary N) is 1. The van der Waals surface area contributed by atoms with Crippen molar-refractivity contribution < 1.29 is 19.4 Å². The van der Waals surface area contributed by atoms with Crippen molar-refractivity contribution in [3.05, 3.63) is 15.6 Å². The van der Waals surface area contributed by atoms with E-state index in [0.29, 0.717) is 30.5 Å². The van der Waals surface area contributed by atoms with Gasteiger partial charge in [-0.25, -0.2) is 14.6 Å². The maximum atomic E-state index is 12.0. The maximum absolute atomic E-state index is 12.0. The van der Waals surface area contributed by atoms with Gasteiger partial charge < -0.3 is 20.1 Å². The number of carboxylic acids is 1. The summed E-state index contributed by atoms with van der Waals surface area (Å²) in [5, 5.41) is 12.3. The Bertz CT molecular complexity index is 517. The van der Waals surface area contributed by atoms with Crippen LogP contribution in [0.15, 0.2) is 0 Å². The van der Waals surface area contributed by atoms with Crippen molar-refractivity contribution in [1.82, 2.24) is 15.2 Å². The monoisotopic (exact) mass is 299 g/mol. The Labute approximate surface area is 120 Å². The third-order valence-corrected chi connectivity index (χ3v) is 4.20. The summed E-state index contributed by atoms with van der Waals surface area (Å²) < 4.78 is 5.27. The number of thiazole rings is 1. The van der Waals surface area contributed by atoms with Crippen molar-refractivity contribution >= 4 is 23.3 Å². The minimum Gasteiger partial charge on any atom is -0.477 e. The van der Waals surface area contributed by atoms with Gasteiger partial charge in [0.1, 0.15) is 9.88 Å². The minimum absolute atomic E-state index is 0.0383. The first-order valence-corrected chi connectivity index (χ1v) is 7.12. The van der Waals surface area contributed by atoms with Crippen molar-refractivity contribution in [2.24, 2.45) is 0 Å². The number of hydrogen-bond donors (Lipinski definition) is 2. The molecule has 1 aromatic heterocycles. The lowest BCUT2D eigenvalue weighted by Gasteiger charge is -2.33. The van der Waals surface area contributed by atoms with Gasteiger partial charge in [-0.1, -0.05) is 0 Å². The summed E-state index contributed by atoms with van der Waals surface area (Å²) in [6.45, 7) is 5.44. The lowest BCUT2D eigenvalue weighted by atomic mass is 10.3. The number of nitrogens with zero attached hydrogens (tertiary/aromatic N) is 2. The van der Waals surface area contributed by atoms with E-state index in [9.17, 15) is 9.59 Å². The summed E-state index contributed by atoms with van der Waals surface area (Å²) in [5.41, 5.74) is 0.478. The Morgan fingerprint density at radius 3 is 2.95 bits per heavy atom. The number of morpholine rings is 1. The van der Waals surface area contributed by atoms with Gasteiger partial charge in [-0.05, 0) is 13.8 Å². The van der Waals surface area contributed by atoms with Gasteiger partial charge >= 0.3 is 12.0 Å². The molecule has 20 heavy (non-hydrogen) atoms. The van der Waals surface area contributed by atoms with Gasteiger partial charge in [-0.2, -0.15) is 0 Å². The van der Waals surface area contributed by atoms with Crippen LogP contribution >= 0.6 is 11.3 Å². The summed E-state index contributed by atoms with van der Waals surface area (Å²) in [6.07, 6.45) is 0. The molecular weight excluding hydrogens is 282 g/mol. The Morgan fingerprint density at radius 2 is 2.35 bits per heavy atom. The number of carboxylic acid groups (broad SMARTS) is 1. The molecule has 0 aromatic carbocycles. The van der Waals surface area contributed by atoms with Crippen molar-refractivity contribution in [3.63, 3.8) is 0 Å². The number of carbonyl (C=O) groups is 2. The second kappa shape index (κ2) is 6.19. The Kier molecular flexibility index (Phi) is 4.56. The SMILES string of the molecule is Cc1nc(CNC(=O)N2CCOCC2C)sc1C(=O)O. The van der Waals surface area contributed by atoms with Crippen LogP contribution in [0.2, 0.25) is 0 Å². The fourth-order valence-corrected chi connectivity index (χ4v) is 2.85. The lowest BCUT2D eigenvalue weighted by molar-refractivity contribution is 0.0190. The molecule has 1 saturated heterocycles. The van der Waals surface area contributed by atoms with E-state index in [1.807, 2.05) is 6.92 Å². The fourth-order valence-electron chi connectivity index (χ4n) is 2.01. The minimum atomic E-state index is -0.987. The Morgan fingerprint density at radius 1 is 1.60 bits per heavy atom. The molecule has 1 aromatic rings. The normalized spacial score (nSPS) is 18.9. The molecule has 1 atom stereocenters. The van der Waals surface area contributed by atoms with Crippen molar-refractivity contribution in [1.29, 1.82) is 0 Å². The molecule has 2 N–H and O–H groups in total. The molecule has 0 radical (unpaired) electrons. The van der Waals surface area contributed by atoms with Gasteiger partial charge in [0.2, 0.25) is 0 Å². The molecule has 0 spiro atoms. The Balaban J connectivity index is 1.93. The average molecular weight is 299 g/mol. The van der Waals surface area contributed by atoms with Crippen LogP contribution < -0.4 is 5.32 Å².